The van der Waals surface area contributed by atoms with Gasteiger partial charge >= 0.3 is 12.1 Å². The molecule has 0 aromatic heterocycles. The number of β-amino-alcohol motifs (C(OH)–C–C–N with tert-alkyl or cyclic N) is 1. The van der Waals surface area contributed by atoms with Gasteiger partial charge in [0.15, 0.2) is 0 Å². The van der Waals surface area contributed by atoms with Gasteiger partial charge in [0.2, 0.25) is 5.91 Å². The fourth-order valence-corrected chi connectivity index (χ4v) is 5.93. The van der Waals surface area contributed by atoms with Gasteiger partial charge in [-0.2, -0.15) is 0 Å². The maximum absolute atomic E-state index is 12.8. The van der Waals surface area contributed by atoms with Crippen molar-refractivity contribution in [1.29, 1.82) is 0 Å². The zero-order valence-corrected chi connectivity index (χ0v) is 19.4. The molecule has 1 aliphatic heterocycles. The first kappa shape index (κ1) is 23.4. The van der Waals surface area contributed by atoms with Gasteiger partial charge in [-0.3, -0.25) is 4.79 Å². The van der Waals surface area contributed by atoms with Crippen LogP contribution in [-0.4, -0.2) is 64.4 Å². The van der Waals surface area contributed by atoms with Gasteiger partial charge in [0, 0.05) is 31.3 Å². The Morgan fingerprint density at radius 3 is 2.31 bits per heavy atom. The number of carboxylic acid groups (broad SMARTS) is 1. The van der Waals surface area contributed by atoms with E-state index in [1.165, 1.54) is 4.90 Å². The van der Waals surface area contributed by atoms with Gasteiger partial charge in [-0.25, -0.2) is 9.59 Å². The van der Waals surface area contributed by atoms with E-state index in [0.717, 1.165) is 41.5 Å². The van der Waals surface area contributed by atoms with E-state index in [4.69, 9.17) is 4.74 Å². The molecule has 2 aliphatic carbocycles. The maximum atomic E-state index is 12.8. The Kier molecular flexibility index (Phi) is 6.47. The number of fused-ring (bicyclic) bond motifs is 3. The lowest BCUT2D eigenvalue weighted by Gasteiger charge is -2.26. The van der Waals surface area contributed by atoms with Crippen molar-refractivity contribution in [3.63, 3.8) is 0 Å². The van der Waals surface area contributed by atoms with Crippen molar-refractivity contribution in [2.45, 2.75) is 56.2 Å². The highest BCUT2D eigenvalue weighted by atomic mass is 16.5. The predicted molar refractivity (Wildman–Crippen MR) is 128 cm³/mol. The van der Waals surface area contributed by atoms with Gasteiger partial charge < -0.3 is 25.2 Å². The highest BCUT2D eigenvalue weighted by Gasteiger charge is 2.41. The van der Waals surface area contributed by atoms with Crippen molar-refractivity contribution in [2.24, 2.45) is 5.92 Å². The first-order valence-corrected chi connectivity index (χ1v) is 12.2. The second-order valence-corrected chi connectivity index (χ2v) is 9.76. The van der Waals surface area contributed by atoms with Crippen LogP contribution in [0, 0.1) is 5.92 Å². The summed E-state index contributed by atoms with van der Waals surface area (Å²) in [5.74, 6) is -1.51. The number of alkyl carbamates (subject to hydrolysis) is 1. The number of hydrogen-bond donors (Lipinski definition) is 3. The lowest BCUT2D eigenvalue weighted by Crippen LogP contribution is -2.44. The molecule has 1 saturated heterocycles. The number of rotatable bonds is 6. The second kappa shape index (κ2) is 9.70. The summed E-state index contributed by atoms with van der Waals surface area (Å²) < 4.78 is 5.66. The van der Waals surface area contributed by atoms with Crippen LogP contribution in [0.15, 0.2) is 48.5 Å². The Bertz CT molecular complexity index is 1090. The summed E-state index contributed by atoms with van der Waals surface area (Å²) in [6, 6.07) is 15.1. The van der Waals surface area contributed by atoms with Crippen LogP contribution in [-0.2, 0) is 14.3 Å². The van der Waals surface area contributed by atoms with E-state index >= 15 is 0 Å². The number of carbonyl (C=O) groups excluding carboxylic acids is 2. The number of amides is 2. The fraction of sp³-hybridized carbons (Fsp3) is 0.444. The molecular formula is C27H30N2O6. The number of aliphatic hydroxyl groups excluding tert-OH is 1. The number of aliphatic hydroxyl groups is 1. The smallest absolute Gasteiger partial charge is 0.407 e. The van der Waals surface area contributed by atoms with Gasteiger partial charge in [0.1, 0.15) is 12.6 Å². The molecule has 0 spiro atoms. The number of nitrogens with one attached hydrogen (secondary N) is 1. The van der Waals surface area contributed by atoms with Crippen LogP contribution in [0.2, 0.25) is 0 Å². The van der Waals surface area contributed by atoms with Crippen molar-refractivity contribution in [3.8, 4) is 11.1 Å². The summed E-state index contributed by atoms with van der Waals surface area (Å²) in [5.41, 5.74) is 4.62. The second-order valence-electron chi connectivity index (χ2n) is 9.76. The number of hydrogen-bond acceptors (Lipinski definition) is 5. The third-order valence-corrected chi connectivity index (χ3v) is 7.63. The number of aliphatic carboxylic acids is 1. The Balaban J connectivity index is 1.18. The summed E-state index contributed by atoms with van der Waals surface area (Å²) in [5, 5.41) is 22.2. The van der Waals surface area contributed by atoms with Crippen molar-refractivity contribution in [2.75, 3.05) is 13.2 Å². The van der Waals surface area contributed by atoms with Gasteiger partial charge in [-0.1, -0.05) is 55.0 Å². The zero-order valence-electron chi connectivity index (χ0n) is 19.4. The average molecular weight is 479 g/mol. The van der Waals surface area contributed by atoms with E-state index in [-0.39, 0.29) is 49.8 Å². The lowest BCUT2D eigenvalue weighted by molar-refractivity contribution is -0.148. The topological polar surface area (TPSA) is 116 Å². The largest absolute Gasteiger partial charge is 0.480 e. The van der Waals surface area contributed by atoms with Crippen LogP contribution in [0.1, 0.15) is 49.1 Å². The minimum atomic E-state index is -1.10. The molecule has 0 bridgehead atoms. The monoisotopic (exact) mass is 478 g/mol. The molecule has 8 nitrogen and oxygen atoms in total. The number of nitrogens with zero attached hydrogens (tertiary/aromatic N) is 1. The molecule has 4 atom stereocenters. The molecule has 0 radical (unpaired) electrons. The Morgan fingerprint density at radius 2 is 1.66 bits per heavy atom. The fourth-order valence-electron chi connectivity index (χ4n) is 5.93. The molecule has 2 unspecified atom stereocenters. The molecule has 8 heteroatoms. The van der Waals surface area contributed by atoms with Crippen LogP contribution in [0.3, 0.4) is 0 Å². The van der Waals surface area contributed by atoms with Gasteiger partial charge in [-0.15, -0.1) is 0 Å². The lowest BCUT2D eigenvalue weighted by atomic mass is 9.98. The van der Waals surface area contributed by atoms with Crippen LogP contribution >= 0.6 is 0 Å². The van der Waals surface area contributed by atoms with E-state index < -0.39 is 24.2 Å². The minimum absolute atomic E-state index is 0.0244. The van der Waals surface area contributed by atoms with Crippen LogP contribution in [0.5, 0.6) is 0 Å². The SMILES string of the molecule is O=C(N[C@@H]1CCC[C@H]1CC(=O)N1CC(O)CC1C(=O)O)OCC1c2ccccc2-c2ccccc21. The van der Waals surface area contributed by atoms with E-state index in [1.54, 1.807) is 0 Å². The Hall–Kier alpha value is -3.39. The zero-order chi connectivity index (χ0) is 24.5. The van der Waals surface area contributed by atoms with E-state index in [0.29, 0.717) is 0 Å². The predicted octanol–water partition coefficient (Wildman–Crippen LogP) is 3.13. The number of likely N-dealkylation sites (tertiary alicyclic amines) is 1. The number of benzene rings is 2. The molecule has 3 aliphatic rings. The first-order chi connectivity index (χ1) is 16.9. The summed E-state index contributed by atoms with van der Waals surface area (Å²) >= 11 is 0. The van der Waals surface area contributed by atoms with E-state index in [9.17, 15) is 24.6 Å². The summed E-state index contributed by atoms with van der Waals surface area (Å²) in [6.45, 7) is 0.259. The maximum Gasteiger partial charge on any atom is 0.407 e. The molecule has 2 aromatic rings. The summed E-state index contributed by atoms with van der Waals surface area (Å²) in [6.07, 6.45) is 1.26. The van der Waals surface area contributed by atoms with Crippen LogP contribution < -0.4 is 5.32 Å². The number of carbonyl (C=O) groups is 3. The molecule has 2 aromatic carbocycles. The van der Waals surface area contributed by atoms with Gasteiger partial charge in [0.25, 0.3) is 0 Å². The summed E-state index contributed by atoms with van der Waals surface area (Å²) in [7, 11) is 0. The van der Waals surface area contributed by atoms with Gasteiger partial charge in [0.05, 0.1) is 6.10 Å². The van der Waals surface area contributed by atoms with Crippen LogP contribution in [0.25, 0.3) is 11.1 Å². The molecule has 35 heavy (non-hydrogen) atoms. The van der Waals surface area contributed by atoms with Crippen molar-refractivity contribution >= 4 is 18.0 Å². The minimum Gasteiger partial charge on any atom is -0.480 e. The molecule has 3 N–H and O–H groups in total. The standard InChI is InChI=1S/C27H30N2O6/c30-17-13-24(26(32)33)29(14-17)25(31)12-16-6-5-11-23(16)28-27(34)35-15-22-20-9-3-1-7-18(20)19-8-2-4-10-21(19)22/h1-4,7-10,16-17,22-24,30H,5-6,11-15H2,(H,28,34)(H,32,33)/t16-,17?,23+,24?/m0/s1. The Morgan fingerprint density at radius 1 is 1.00 bits per heavy atom. The number of ether oxygens (including phenoxy) is 1. The molecular weight excluding hydrogens is 448 g/mol. The van der Waals surface area contributed by atoms with Crippen molar-refractivity contribution in [3.05, 3.63) is 59.7 Å². The van der Waals surface area contributed by atoms with E-state index in [2.05, 4.69) is 29.6 Å². The first-order valence-electron chi connectivity index (χ1n) is 12.2. The quantitative estimate of drug-likeness (QED) is 0.588. The van der Waals surface area contributed by atoms with Gasteiger partial charge in [-0.05, 0) is 41.0 Å². The molecule has 5 rings (SSSR count). The highest BCUT2D eigenvalue weighted by molar-refractivity contribution is 5.84. The third kappa shape index (κ3) is 4.62. The normalized spacial score (nSPS) is 25.2. The van der Waals surface area contributed by atoms with Crippen LogP contribution in [0.4, 0.5) is 4.79 Å². The summed E-state index contributed by atoms with van der Waals surface area (Å²) in [4.78, 5) is 38.3. The Labute approximate surface area is 203 Å². The van der Waals surface area contributed by atoms with Crippen molar-refractivity contribution < 1.29 is 29.3 Å². The average Bonchev–Trinajstić information content (AvgIpc) is 3.54. The molecule has 2 fully saturated rings. The molecule has 1 heterocycles. The molecule has 1 saturated carbocycles. The molecule has 184 valence electrons. The van der Waals surface area contributed by atoms with E-state index in [1.807, 2.05) is 24.3 Å². The van der Waals surface area contributed by atoms with Crippen molar-refractivity contribution in [1.82, 2.24) is 10.2 Å². The highest BCUT2D eigenvalue weighted by Crippen LogP contribution is 2.44. The molecule has 2 amide bonds. The number of carboxylic acids is 1. The third-order valence-electron chi connectivity index (χ3n) is 7.63.